The van der Waals surface area contributed by atoms with Gasteiger partial charge in [-0.05, 0) is 35.4 Å². The van der Waals surface area contributed by atoms with Crippen molar-refractivity contribution in [2.24, 2.45) is 0 Å². The Bertz CT molecular complexity index is 686. The minimum Gasteiger partial charge on any atom is -0.376 e. The van der Waals surface area contributed by atoms with E-state index in [-0.39, 0.29) is 12.0 Å². The van der Waals surface area contributed by atoms with Gasteiger partial charge in [-0.15, -0.1) is 16.4 Å². The highest BCUT2D eigenvalue weighted by atomic mass is 35.5. The molecule has 3 rings (SSSR count). The van der Waals surface area contributed by atoms with Crippen LogP contribution in [0.1, 0.15) is 17.7 Å². The molecule has 10 heteroatoms. The van der Waals surface area contributed by atoms with E-state index < -0.39 is 0 Å². The van der Waals surface area contributed by atoms with Crippen LogP contribution in [0.25, 0.3) is 0 Å². The molecule has 1 aliphatic rings. The van der Waals surface area contributed by atoms with Crippen molar-refractivity contribution in [3.8, 4) is 0 Å². The topological polar surface area (TPSA) is 73.1 Å². The van der Waals surface area contributed by atoms with Crippen LogP contribution in [0.5, 0.6) is 0 Å². The van der Waals surface area contributed by atoms with E-state index in [1.807, 2.05) is 12.1 Å². The molecule has 2 aromatic heterocycles. The quantitative estimate of drug-likeness (QED) is 0.679. The number of rotatable bonds is 7. The van der Waals surface area contributed by atoms with Gasteiger partial charge in [0.15, 0.2) is 0 Å². The molecule has 1 saturated heterocycles. The summed E-state index contributed by atoms with van der Waals surface area (Å²) in [5.74, 6) is 0.317. The van der Waals surface area contributed by atoms with E-state index in [0.717, 1.165) is 28.7 Å². The van der Waals surface area contributed by atoms with Gasteiger partial charge in [-0.1, -0.05) is 23.4 Å². The van der Waals surface area contributed by atoms with Crippen LogP contribution in [0.15, 0.2) is 17.3 Å². The number of aromatic nitrogens is 4. The van der Waals surface area contributed by atoms with E-state index >= 15 is 0 Å². The van der Waals surface area contributed by atoms with E-state index in [0.29, 0.717) is 24.0 Å². The van der Waals surface area contributed by atoms with Crippen LogP contribution in [-0.2, 0) is 22.6 Å². The summed E-state index contributed by atoms with van der Waals surface area (Å²) in [5.41, 5.74) is 0. The third-order valence-electron chi connectivity index (χ3n) is 3.67. The number of tetrazole rings is 1. The maximum atomic E-state index is 12.3. The summed E-state index contributed by atoms with van der Waals surface area (Å²) in [6, 6.07) is 3.78. The van der Waals surface area contributed by atoms with Crippen molar-refractivity contribution in [2.75, 3.05) is 19.4 Å². The lowest BCUT2D eigenvalue weighted by Gasteiger charge is -2.16. The Morgan fingerprint density at radius 3 is 3.17 bits per heavy atom. The van der Waals surface area contributed by atoms with Crippen molar-refractivity contribution in [3.63, 3.8) is 0 Å². The van der Waals surface area contributed by atoms with Crippen LogP contribution in [-0.4, -0.2) is 56.5 Å². The first kappa shape index (κ1) is 17.7. The zero-order valence-corrected chi connectivity index (χ0v) is 15.6. The Kier molecular flexibility index (Phi) is 6.09. The van der Waals surface area contributed by atoms with Crippen molar-refractivity contribution in [2.45, 2.75) is 37.2 Å². The summed E-state index contributed by atoms with van der Waals surface area (Å²) in [7, 11) is 1.78. The molecule has 0 radical (unpaired) electrons. The van der Waals surface area contributed by atoms with Crippen molar-refractivity contribution in [1.29, 1.82) is 0 Å². The molecule has 1 aliphatic heterocycles. The van der Waals surface area contributed by atoms with Crippen molar-refractivity contribution < 1.29 is 9.53 Å². The number of hydrogen-bond acceptors (Lipinski definition) is 7. The first-order valence-electron chi connectivity index (χ1n) is 7.60. The molecule has 0 aromatic carbocycles. The summed E-state index contributed by atoms with van der Waals surface area (Å²) in [4.78, 5) is 15.0. The van der Waals surface area contributed by atoms with Gasteiger partial charge in [0.2, 0.25) is 11.1 Å². The van der Waals surface area contributed by atoms with E-state index in [9.17, 15) is 4.79 Å². The Balaban J connectivity index is 1.49. The van der Waals surface area contributed by atoms with Gasteiger partial charge in [0.1, 0.15) is 0 Å². The van der Waals surface area contributed by atoms with Crippen LogP contribution >= 0.6 is 34.7 Å². The van der Waals surface area contributed by atoms with E-state index in [1.54, 1.807) is 16.6 Å². The minimum absolute atomic E-state index is 0.0242. The number of nitrogens with zero attached hydrogens (tertiary/aromatic N) is 5. The zero-order chi connectivity index (χ0) is 16.9. The lowest BCUT2D eigenvalue weighted by molar-refractivity contribution is -0.127. The molecule has 0 aliphatic carbocycles. The molecule has 1 fully saturated rings. The van der Waals surface area contributed by atoms with Gasteiger partial charge < -0.3 is 9.64 Å². The molecular formula is C14H18ClN5O2S2. The maximum Gasteiger partial charge on any atom is 0.233 e. The SMILES string of the molecule is CN(Cc1ccc(Cl)s1)C(=O)CSc1nnnn1CC1CCCO1. The third kappa shape index (κ3) is 4.69. The maximum absolute atomic E-state index is 12.3. The van der Waals surface area contributed by atoms with Crippen molar-refractivity contribution in [3.05, 3.63) is 21.3 Å². The monoisotopic (exact) mass is 387 g/mol. The van der Waals surface area contributed by atoms with Crippen LogP contribution in [0.4, 0.5) is 0 Å². The predicted octanol–water partition coefficient (Wildman–Crippen LogP) is 2.32. The first-order chi connectivity index (χ1) is 11.6. The zero-order valence-electron chi connectivity index (χ0n) is 13.2. The summed E-state index contributed by atoms with van der Waals surface area (Å²) >= 11 is 8.75. The Morgan fingerprint density at radius 1 is 1.58 bits per heavy atom. The average Bonchev–Trinajstić information content (AvgIpc) is 3.29. The molecule has 0 N–H and O–H groups in total. The molecule has 1 unspecified atom stereocenters. The normalized spacial score (nSPS) is 17.3. The lowest BCUT2D eigenvalue weighted by Crippen LogP contribution is -2.27. The summed E-state index contributed by atoms with van der Waals surface area (Å²) in [6.07, 6.45) is 2.26. The van der Waals surface area contributed by atoms with Gasteiger partial charge in [0, 0.05) is 18.5 Å². The second-order valence-corrected chi connectivity index (χ2v) is 8.27. The van der Waals surface area contributed by atoms with E-state index in [4.69, 9.17) is 16.3 Å². The second-order valence-electron chi connectivity index (χ2n) is 5.52. The molecule has 7 nitrogen and oxygen atoms in total. The highest BCUT2D eigenvalue weighted by molar-refractivity contribution is 7.99. The highest BCUT2D eigenvalue weighted by Gasteiger charge is 2.20. The van der Waals surface area contributed by atoms with Crippen LogP contribution in [0, 0.1) is 0 Å². The molecule has 24 heavy (non-hydrogen) atoms. The summed E-state index contributed by atoms with van der Waals surface area (Å²) in [6.45, 7) is 1.98. The summed E-state index contributed by atoms with van der Waals surface area (Å²) in [5, 5.41) is 12.3. The molecule has 1 amide bonds. The average molecular weight is 388 g/mol. The molecule has 0 spiro atoms. The Hall–Kier alpha value is -1.16. The smallest absolute Gasteiger partial charge is 0.233 e. The molecule has 0 bridgehead atoms. The van der Waals surface area contributed by atoms with Gasteiger partial charge >= 0.3 is 0 Å². The highest BCUT2D eigenvalue weighted by Crippen LogP contribution is 2.23. The van der Waals surface area contributed by atoms with Crippen LogP contribution < -0.4 is 0 Å². The van der Waals surface area contributed by atoms with E-state index in [2.05, 4.69) is 15.5 Å². The lowest BCUT2D eigenvalue weighted by atomic mass is 10.2. The summed E-state index contributed by atoms with van der Waals surface area (Å²) < 4.78 is 8.05. The van der Waals surface area contributed by atoms with Crippen LogP contribution in [0.2, 0.25) is 4.34 Å². The molecule has 1 atom stereocenters. The first-order valence-corrected chi connectivity index (χ1v) is 9.78. The van der Waals surface area contributed by atoms with Crippen LogP contribution in [0.3, 0.4) is 0 Å². The number of ether oxygens (including phenoxy) is 1. The predicted molar refractivity (Wildman–Crippen MR) is 93.3 cm³/mol. The number of thioether (sulfide) groups is 1. The Morgan fingerprint density at radius 2 is 2.46 bits per heavy atom. The molecular weight excluding hydrogens is 370 g/mol. The van der Waals surface area contributed by atoms with Crippen molar-refractivity contribution in [1.82, 2.24) is 25.1 Å². The van der Waals surface area contributed by atoms with Gasteiger partial charge in [0.05, 0.1) is 29.3 Å². The molecule has 0 saturated carbocycles. The van der Waals surface area contributed by atoms with E-state index in [1.165, 1.54) is 23.1 Å². The number of amides is 1. The fourth-order valence-corrected chi connectivity index (χ4v) is 4.36. The largest absolute Gasteiger partial charge is 0.376 e. The number of carbonyl (C=O) groups excluding carboxylic acids is 1. The minimum atomic E-state index is 0.0242. The van der Waals surface area contributed by atoms with Crippen molar-refractivity contribution >= 4 is 40.6 Å². The number of thiophene rings is 1. The fourth-order valence-electron chi connectivity index (χ4n) is 2.39. The number of halogens is 1. The molecule has 130 valence electrons. The molecule has 2 aromatic rings. The van der Waals surface area contributed by atoms with Gasteiger partial charge in [-0.2, -0.15) is 0 Å². The fraction of sp³-hybridized carbons (Fsp3) is 0.571. The van der Waals surface area contributed by atoms with Gasteiger partial charge in [-0.3, -0.25) is 4.79 Å². The second kappa shape index (κ2) is 8.28. The number of carbonyl (C=O) groups is 1. The number of hydrogen-bond donors (Lipinski definition) is 0. The third-order valence-corrected chi connectivity index (χ3v) is 5.83. The Labute approximate surface area is 153 Å². The van der Waals surface area contributed by atoms with Gasteiger partial charge in [0.25, 0.3) is 0 Å². The standard InChI is InChI=1S/C14H18ClN5O2S2/c1-19(8-11-4-5-12(15)24-11)13(21)9-23-14-16-17-18-20(14)7-10-3-2-6-22-10/h4-5,10H,2-3,6-9H2,1H3. The molecule has 3 heterocycles. The van der Waals surface area contributed by atoms with Gasteiger partial charge in [-0.25, -0.2) is 4.68 Å².